The zero-order chi connectivity index (χ0) is 30.9. The lowest BCUT2D eigenvalue weighted by molar-refractivity contribution is 0.669. The van der Waals surface area contributed by atoms with Gasteiger partial charge in [-0.25, -0.2) is 15.0 Å². The Morgan fingerprint density at radius 3 is 1.72 bits per heavy atom. The van der Waals surface area contributed by atoms with Crippen molar-refractivity contribution < 1.29 is 4.42 Å². The average molecular weight is 600 g/mol. The highest BCUT2D eigenvalue weighted by Gasteiger charge is 2.17. The molecule has 0 atom stereocenters. The topological polar surface area (TPSA) is 51.8 Å². The number of hydrogen-bond acceptors (Lipinski definition) is 4. The Morgan fingerprint density at radius 2 is 0.894 bits per heavy atom. The molecule has 2 heterocycles. The summed E-state index contributed by atoms with van der Waals surface area (Å²) in [5.41, 5.74) is 4.53. The van der Waals surface area contributed by atoms with Crippen molar-refractivity contribution in [3.63, 3.8) is 0 Å². The second-order valence-corrected chi connectivity index (χ2v) is 12.0. The molecule has 4 nitrogen and oxygen atoms in total. The SMILES string of the molecule is c1ccc(-c2nc(-c3ccc4oc5ccccc5c4c3)nc(-c3cccc4c3ccc3c4ccc4c5ccccc5ccc43)n2)cc1. The molecule has 0 aliphatic carbocycles. The second kappa shape index (κ2) is 10.1. The van der Waals surface area contributed by atoms with Gasteiger partial charge in [0.25, 0.3) is 0 Å². The van der Waals surface area contributed by atoms with Crippen LogP contribution in [0.3, 0.4) is 0 Å². The van der Waals surface area contributed by atoms with Gasteiger partial charge in [-0.1, -0.05) is 127 Å². The molecule has 0 radical (unpaired) electrons. The van der Waals surface area contributed by atoms with Crippen LogP contribution in [0.2, 0.25) is 0 Å². The Kier molecular flexibility index (Phi) is 5.54. The highest BCUT2D eigenvalue weighted by Crippen LogP contribution is 2.38. The summed E-state index contributed by atoms with van der Waals surface area (Å²) in [4.78, 5) is 15.2. The molecule has 0 N–H and O–H groups in total. The maximum Gasteiger partial charge on any atom is 0.164 e. The van der Waals surface area contributed by atoms with Crippen LogP contribution in [-0.4, -0.2) is 15.0 Å². The van der Waals surface area contributed by atoms with Gasteiger partial charge in [-0.15, -0.1) is 0 Å². The van der Waals surface area contributed by atoms with Crippen molar-refractivity contribution in [1.82, 2.24) is 15.0 Å². The molecule has 8 aromatic carbocycles. The number of hydrogen-bond donors (Lipinski definition) is 0. The third-order valence-electron chi connectivity index (χ3n) is 9.32. The van der Waals surface area contributed by atoms with E-state index in [1.165, 1.54) is 37.7 Å². The van der Waals surface area contributed by atoms with E-state index in [2.05, 4.69) is 91.0 Å². The van der Waals surface area contributed by atoms with E-state index in [0.29, 0.717) is 17.5 Å². The molecule has 0 aliphatic heterocycles. The van der Waals surface area contributed by atoms with Crippen LogP contribution in [0.15, 0.2) is 156 Å². The van der Waals surface area contributed by atoms with Gasteiger partial charge < -0.3 is 4.42 Å². The summed E-state index contributed by atoms with van der Waals surface area (Å²) in [7, 11) is 0. The molecular formula is C43H25N3O. The Bertz CT molecular complexity index is 2850. The predicted octanol–water partition coefficient (Wildman–Crippen LogP) is 11.4. The summed E-state index contributed by atoms with van der Waals surface area (Å²) in [5.74, 6) is 1.90. The quantitative estimate of drug-likeness (QED) is 0.190. The van der Waals surface area contributed by atoms with Crippen molar-refractivity contribution in [3.8, 4) is 34.2 Å². The molecule has 10 rings (SSSR count). The number of fused-ring (bicyclic) bond motifs is 10. The van der Waals surface area contributed by atoms with Gasteiger partial charge in [-0.2, -0.15) is 0 Å². The van der Waals surface area contributed by atoms with Crippen LogP contribution >= 0.6 is 0 Å². The van der Waals surface area contributed by atoms with Gasteiger partial charge in [0.15, 0.2) is 17.5 Å². The van der Waals surface area contributed by atoms with Crippen LogP contribution in [0.5, 0.6) is 0 Å². The summed E-state index contributed by atoms with van der Waals surface area (Å²) < 4.78 is 6.11. The molecule has 0 saturated heterocycles. The van der Waals surface area contributed by atoms with Gasteiger partial charge in [0.05, 0.1) is 0 Å². The first-order chi connectivity index (χ1) is 23.3. The van der Waals surface area contributed by atoms with Crippen molar-refractivity contribution in [2.75, 3.05) is 0 Å². The lowest BCUT2D eigenvalue weighted by atomic mass is 9.93. The minimum atomic E-state index is 0.622. The minimum Gasteiger partial charge on any atom is -0.456 e. The molecule has 2 aromatic heterocycles. The molecule has 0 unspecified atom stereocenters. The fraction of sp³-hybridized carbons (Fsp3) is 0. The van der Waals surface area contributed by atoms with Crippen molar-refractivity contribution in [3.05, 3.63) is 152 Å². The molecule has 0 amide bonds. The highest BCUT2D eigenvalue weighted by molar-refractivity contribution is 6.23. The van der Waals surface area contributed by atoms with Gasteiger partial charge in [0.2, 0.25) is 0 Å². The van der Waals surface area contributed by atoms with Crippen LogP contribution in [0.1, 0.15) is 0 Å². The summed E-state index contributed by atoms with van der Waals surface area (Å²) >= 11 is 0. The largest absolute Gasteiger partial charge is 0.456 e. The lowest BCUT2D eigenvalue weighted by Crippen LogP contribution is -2.00. The monoisotopic (exact) mass is 599 g/mol. The summed E-state index contributed by atoms with van der Waals surface area (Å²) in [6.45, 7) is 0. The van der Waals surface area contributed by atoms with Crippen LogP contribution in [0, 0.1) is 0 Å². The van der Waals surface area contributed by atoms with E-state index in [0.717, 1.165) is 44.0 Å². The number of furan rings is 1. The first-order valence-corrected chi connectivity index (χ1v) is 15.8. The zero-order valence-electron chi connectivity index (χ0n) is 25.2. The maximum atomic E-state index is 6.11. The van der Waals surface area contributed by atoms with Gasteiger partial charge in [0.1, 0.15) is 11.2 Å². The molecule has 0 fully saturated rings. The third kappa shape index (κ3) is 4.05. The van der Waals surface area contributed by atoms with E-state index in [1.807, 2.05) is 60.7 Å². The fourth-order valence-electron chi connectivity index (χ4n) is 7.07. The Hall–Kier alpha value is -6.39. The molecule has 10 aromatic rings. The van der Waals surface area contributed by atoms with E-state index < -0.39 is 0 Å². The van der Waals surface area contributed by atoms with Crippen LogP contribution in [0.4, 0.5) is 0 Å². The zero-order valence-corrected chi connectivity index (χ0v) is 25.2. The molecular weight excluding hydrogens is 574 g/mol. The number of para-hydroxylation sites is 1. The van der Waals surface area contributed by atoms with Crippen LogP contribution in [0.25, 0.3) is 99.2 Å². The first-order valence-electron chi connectivity index (χ1n) is 15.8. The standard InChI is InChI=1S/C43H25N3O/c1-2-10-27(11-3-1)41-44-42(28-18-24-40-38(25-28)36-13-6-7-16-39(36)47-40)46-43(45-41)37-15-8-14-30-33-21-20-31-29-12-5-4-9-26(29)17-19-32(31)34(33)22-23-35(30)37/h1-25H. The molecule has 0 saturated carbocycles. The lowest BCUT2D eigenvalue weighted by Gasteiger charge is -2.13. The van der Waals surface area contributed by atoms with E-state index in [9.17, 15) is 0 Å². The number of aromatic nitrogens is 3. The van der Waals surface area contributed by atoms with Crippen molar-refractivity contribution in [2.24, 2.45) is 0 Å². The molecule has 0 bridgehead atoms. The Morgan fingerprint density at radius 1 is 0.319 bits per heavy atom. The van der Waals surface area contributed by atoms with Gasteiger partial charge in [-0.05, 0) is 67.4 Å². The average Bonchev–Trinajstić information content (AvgIpc) is 3.52. The van der Waals surface area contributed by atoms with Gasteiger partial charge in [0, 0.05) is 27.5 Å². The molecule has 0 spiro atoms. The number of nitrogens with zero attached hydrogens (tertiary/aromatic N) is 3. The Labute approximate surface area is 269 Å². The summed E-state index contributed by atoms with van der Waals surface area (Å²) in [6.07, 6.45) is 0. The van der Waals surface area contributed by atoms with Crippen molar-refractivity contribution in [1.29, 1.82) is 0 Å². The van der Waals surface area contributed by atoms with E-state index in [1.54, 1.807) is 0 Å². The van der Waals surface area contributed by atoms with Crippen LogP contribution < -0.4 is 0 Å². The Balaban J connectivity index is 1.20. The third-order valence-corrected chi connectivity index (χ3v) is 9.32. The normalized spacial score (nSPS) is 11.8. The number of rotatable bonds is 3. The van der Waals surface area contributed by atoms with Gasteiger partial charge >= 0.3 is 0 Å². The summed E-state index contributed by atoms with van der Waals surface area (Å²) in [6, 6.07) is 52.9. The molecule has 47 heavy (non-hydrogen) atoms. The van der Waals surface area contributed by atoms with E-state index in [4.69, 9.17) is 19.4 Å². The van der Waals surface area contributed by atoms with Gasteiger partial charge in [-0.3, -0.25) is 0 Å². The van der Waals surface area contributed by atoms with Crippen LogP contribution in [-0.2, 0) is 0 Å². The fourth-order valence-corrected chi connectivity index (χ4v) is 7.07. The molecule has 4 heteroatoms. The van der Waals surface area contributed by atoms with Crippen molar-refractivity contribution >= 4 is 65.0 Å². The summed E-state index contributed by atoms with van der Waals surface area (Å²) in [5, 5.41) is 11.9. The van der Waals surface area contributed by atoms with Crippen molar-refractivity contribution in [2.45, 2.75) is 0 Å². The highest BCUT2D eigenvalue weighted by atomic mass is 16.3. The molecule has 0 aliphatic rings. The molecule has 218 valence electrons. The smallest absolute Gasteiger partial charge is 0.164 e. The number of benzene rings is 8. The second-order valence-electron chi connectivity index (χ2n) is 12.0. The van der Waals surface area contributed by atoms with E-state index >= 15 is 0 Å². The predicted molar refractivity (Wildman–Crippen MR) is 193 cm³/mol. The first kappa shape index (κ1) is 25.9. The maximum absolute atomic E-state index is 6.11. The minimum absolute atomic E-state index is 0.622. The van der Waals surface area contributed by atoms with E-state index in [-0.39, 0.29) is 0 Å².